The predicted octanol–water partition coefficient (Wildman–Crippen LogP) is 1.24. The first-order valence-corrected chi connectivity index (χ1v) is 8.61. The molecule has 8 heteroatoms. The molecule has 0 fully saturated rings. The van der Waals surface area contributed by atoms with Crippen LogP contribution in [0.4, 0.5) is 0 Å². The minimum atomic E-state index is -0.266. The summed E-state index contributed by atoms with van der Waals surface area (Å²) < 4.78 is 1.39. The first-order valence-electron chi connectivity index (χ1n) is 7.79. The van der Waals surface area contributed by atoms with Gasteiger partial charge in [0.05, 0.1) is 23.1 Å². The van der Waals surface area contributed by atoms with Crippen molar-refractivity contribution in [3.8, 4) is 0 Å². The highest BCUT2D eigenvalue weighted by Gasteiger charge is 2.23. The van der Waals surface area contributed by atoms with E-state index in [1.54, 1.807) is 25.9 Å². The van der Waals surface area contributed by atoms with Gasteiger partial charge in [0.2, 0.25) is 5.91 Å². The number of aryl methyl sites for hydroxylation is 2. The van der Waals surface area contributed by atoms with Gasteiger partial charge in [-0.1, -0.05) is 0 Å². The van der Waals surface area contributed by atoms with Crippen molar-refractivity contribution in [1.29, 1.82) is 0 Å². The Balaban J connectivity index is 2.31. The summed E-state index contributed by atoms with van der Waals surface area (Å²) in [6.07, 6.45) is 1.45. The van der Waals surface area contributed by atoms with Gasteiger partial charge in [-0.25, -0.2) is 4.98 Å². The number of amides is 2. The summed E-state index contributed by atoms with van der Waals surface area (Å²) in [5, 5.41) is 0.469. The zero-order chi connectivity index (χ0) is 18.0. The van der Waals surface area contributed by atoms with E-state index in [9.17, 15) is 14.4 Å². The van der Waals surface area contributed by atoms with Gasteiger partial charge < -0.3 is 14.4 Å². The van der Waals surface area contributed by atoms with Gasteiger partial charge in [0, 0.05) is 27.2 Å². The quantitative estimate of drug-likeness (QED) is 0.813. The topological polar surface area (TPSA) is 75.5 Å². The molecule has 7 nitrogen and oxygen atoms in total. The third-order valence-electron chi connectivity index (χ3n) is 4.04. The zero-order valence-electron chi connectivity index (χ0n) is 14.6. The fraction of sp³-hybridized carbons (Fsp3) is 0.500. The van der Waals surface area contributed by atoms with Crippen LogP contribution in [0.25, 0.3) is 10.2 Å². The highest BCUT2D eigenvalue weighted by atomic mass is 32.1. The summed E-state index contributed by atoms with van der Waals surface area (Å²) in [6, 6.07) is 0. The van der Waals surface area contributed by atoms with Crippen molar-refractivity contribution in [2.75, 3.05) is 26.7 Å². The number of hydrogen-bond acceptors (Lipinski definition) is 5. The van der Waals surface area contributed by atoms with Crippen LogP contribution < -0.4 is 5.56 Å². The van der Waals surface area contributed by atoms with Gasteiger partial charge in [-0.3, -0.25) is 14.4 Å². The van der Waals surface area contributed by atoms with E-state index in [2.05, 4.69) is 4.98 Å². The largest absolute Gasteiger partial charge is 0.342 e. The first kappa shape index (κ1) is 18.1. The highest BCUT2D eigenvalue weighted by molar-refractivity contribution is 7.20. The van der Waals surface area contributed by atoms with Gasteiger partial charge in [0.1, 0.15) is 4.83 Å². The Morgan fingerprint density at radius 2 is 1.92 bits per heavy atom. The van der Waals surface area contributed by atoms with Gasteiger partial charge in [-0.2, -0.15) is 0 Å². The lowest BCUT2D eigenvalue weighted by molar-refractivity contribution is -0.131. The molecule has 0 atom stereocenters. The summed E-state index contributed by atoms with van der Waals surface area (Å²) in [6.45, 7) is 6.79. The Morgan fingerprint density at radius 3 is 2.50 bits per heavy atom. The molecule has 2 amide bonds. The number of aromatic nitrogens is 2. The number of likely N-dealkylation sites (N-methyl/N-ethyl adjacent to an activating group) is 2. The lowest BCUT2D eigenvalue weighted by Crippen LogP contribution is -2.41. The monoisotopic (exact) mass is 350 g/mol. The lowest BCUT2D eigenvalue weighted by Gasteiger charge is -2.23. The average molecular weight is 350 g/mol. The van der Waals surface area contributed by atoms with Crippen molar-refractivity contribution in [2.24, 2.45) is 7.05 Å². The molecule has 0 saturated heterocycles. The molecule has 0 bridgehead atoms. The molecule has 0 spiro atoms. The molecule has 0 aromatic carbocycles. The molecule has 24 heavy (non-hydrogen) atoms. The van der Waals surface area contributed by atoms with Crippen LogP contribution in [0.3, 0.4) is 0 Å². The maximum atomic E-state index is 12.7. The predicted molar refractivity (Wildman–Crippen MR) is 94.5 cm³/mol. The van der Waals surface area contributed by atoms with Gasteiger partial charge >= 0.3 is 0 Å². The van der Waals surface area contributed by atoms with Gasteiger partial charge in [-0.05, 0) is 26.3 Å². The minimum Gasteiger partial charge on any atom is -0.342 e. The van der Waals surface area contributed by atoms with Gasteiger partial charge in [0.25, 0.3) is 11.5 Å². The third kappa shape index (κ3) is 3.19. The maximum absolute atomic E-state index is 12.7. The number of thiophene rings is 1. The van der Waals surface area contributed by atoms with Crippen LogP contribution in [0.15, 0.2) is 11.1 Å². The van der Waals surface area contributed by atoms with E-state index < -0.39 is 0 Å². The molecule has 2 heterocycles. The summed E-state index contributed by atoms with van der Waals surface area (Å²) >= 11 is 1.19. The summed E-state index contributed by atoms with van der Waals surface area (Å²) in [5.41, 5.74) is 0.450. The second kappa shape index (κ2) is 7.12. The van der Waals surface area contributed by atoms with E-state index in [0.29, 0.717) is 33.7 Å². The maximum Gasteiger partial charge on any atom is 0.264 e. The van der Waals surface area contributed by atoms with Crippen LogP contribution in [0.1, 0.15) is 29.1 Å². The molecule has 0 radical (unpaired) electrons. The van der Waals surface area contributed by atoms with Crippen molar-refractivity contribution in [2.45, 2.75) is 20.8 Å². The molecule has 0 aliphatic carbocycles. The van der Waals surface area contributed by atoms with Crippen molar-refractivity contribution in [1.82, 2.24) is 19.4 Å². The molecule has 130 valence electrons. The molecule has 0 N–H and O–H groups in total. The fourth-order valence-electron chi connectivity index (χ4n) is 2.54. The molecule has 2 aromatic heterocycles. The van der Waals surface area contributed by atoms with Crippen molar-refractivity contribution >= 4 is 33.4 Å². The minimum absolute atomic E-state index is 0.0135. The molecule has 0 aliphatic rings. The van der Waals surface area contributed by atoms with Gasteiger partial charge in [0.15, 0.2) is 0 Å². The smallest absolute Gasteiger partial charge is 0.264 e. The normalized spacial score (nSPS) is 10.9. The van der Waals surface area contributed by atoms with Gasteiger partial charge in [-0.15, -0.1) is 11.3 Å². The Bertz CT molecular complexity index is 836. The Kier molecular flexibility index (Phi) is 5.38. The van der Waals surface area contributed by atoms with E-state index in [1.165, 1.54) is 27.1 Å². The zero-order valence-corrected chi connectivity index (χ0v) is 15.4. The second-order valence-electron chi connectivity index (χ2n) is 5.62. The van der Waals surface area contributed by atoms with Crippen molar-refractivity contribution in [3.63, 3.8) is 0 Å². The number of carbonyl (C=O) groups excluding carboxylic acids is 2. The van der Waals surface area contributed by atoms with Crippen molar-refractivity contribution in [3.05, 3.63) is 27.1 Å². The molecule has 0 aliphatic heterocycles. The third-order valence-corrected chi connectivity index (χ3v) is 5.23. The number of nitrogens with zero attached hydrogens (tertiary/aromatic N) is 4. The van der Waals surface area contributed by atoms with Crippen molar-refractivity contribution < 1.29 is 9.59 Å². The number of fused-ring (bicyclic) bond motifs is 1. The molecular formula is C16H22N4O3S. The molecule has 2 aromatic rings. The van der Waals surface area contributed by atoms with Crippen LogP contribution >= 0.6 is 11.3 Å². The highest BCUT2D eigenvalue weighted by Crippen LogP contribution is 2.27. The Morgan fingerprint density at radius 1 is 1.29 bits per heavy atom. The van der Waals surface area contributed by atoms with Crippen LogP contribution in [-0.4, -0.2) is 57.8 Å². The summed E-state index contributed by atoms with van der Waals surface area (Å²) in [5.74, 6) is -0.360. The molecule has 0 unspecified atom stereocenters. The lowest BCUT2D eigenvalue weighted by atomic mass is 10.2. The molecule has 2 rings (SSSR count). The van der Waals surface area contributed by atoms with Crippen LogP contribution in [0, 0.1) is 6.92 Å². The molecular weight excluding hydrogens is 328 g/mol. The first-order chi connectivity index (χ1) is 11.3. The van der Waals surface area contributed by atoms with E-state index in [0.717, 1.165) is 0 Å². The SMILES string of the molecule is CCN(CC)C(=O)CN(C)C(=O)c1sc2ncn(C)c(=O)c2c1C. The van der Waals surface area contributed by atoms with Crippen LogP contribution in [0.2, 0.25) is 0 Å². The number of carbonyl (C=O) groups is 2. The van der Waals surface area contributed by atoms with E-state index in [1.807, 2.05) is 13.8 Å². The van der Waals surface area contributed by atoms with Crippen LogP contribution in [0.5, 0.6) is 0 Å². The van der Waals surface area contributed by atoms with E-state index in [4.69, 9.17) is 0 Å². The molecule has 0 saturated carbocycles. The van der Waals surface area contributed by atoms with E-state index >= 15 is 0 Å². The summed E-state index contributed by atoms with van der Waals surface area (Å²) in [7, 11) is 3.22. The second-order valence-corrected chi connectivity index (χ2v) is 6.62. The fourth-order valence-corrected chi connectivity index (χ4v) is 3.67. The number of hydrogen-bond donors (Lipinski definition) is 0. The Hall–Kier alpha value is -2.22. The number of rotatable bonds is 5. The van der Waals surface area contributed by atoms with Crippen LogP contribution in [-0.2, 0) is 11.8 Å². The average Bonchev–Trinajstić information content (AvgIpc) is 2.88. The standard InChI is InChI=1S/C16H22N4O3S/c1-6-20(7-2)11(21)8-18(4)16(23)13-10(3)12-14(24-13)17-9-19(5)15(12)22/h9H,6-8H2,1-5H3. The summed E-state index contributed by atoms with van der Waals surface area (Å²) in [4.78, 5) is 45.4. The Labute approximate surface area is 144 Å². The van der Waals surface area contributed by atoms with E-state index in [-0.39, 0.29) is 23.9 Å².